The van der Waals surface area contributed by atoms with Gasteiger partial charge in [-0.3, -0.25) is 0 Å². The van der Waals surface area contributed by atoms with E-state index in [1.54, 1.807) is 7.11 Å². The highest BCUT2D eigenvalue weighted by Gasteiger charge is 2.23. The highest BCUT2D eigenvalue weighted by molar-refractivity contribution is 5.60. The number of hydrogen-bond donors (Lipinski definition) is 0. The molecule has 2 aromatic rings. The van der Waals surface area contributed by atoms with Crippen LogP contribution in [0.1, 0.15) is 29.3 Å². The van der Waals surface area contributed by atoms with Crippen LogP contribution < -0.4 is 4.74 Å². The quantitative estimate of drug-likeness (QED) is 0.861. The molecule has 0 saturated carbocycles. The monoisotopic (exact) mass is 274 g/mol. The minimum Gasteiger partial charge on any atom is -0.496 e. The van der Waals surface area contributed by atoms with Crippen molar-refractivity contribution in [3.05, 3.63) is 29.1 Å². The standard InChI is InChI=1S/C15H18N2O3/c1-9-6-12(7-10(2)13(9)18-3)15-16-14(17-20-15)11-4-5-19-8-11/h6-7,11H,4-5,8H2,1-3H3/t11-/m1/s1. The summed E-state index contributed by atoms with van der Waals surface area (Å²) in [6.45, 7) is 5.48. The zero-order chi connectivity index (χ0) is 14.1. The molecule has 5 heteroatoms. The Hall–Kier alpha value is -1.88. The molecule has 2 heterocycles. The van der Waals surface area contributed by atoms with Crippen molar-refractivity contribution in [1.29, 1.82) is 0 Å². The van der Waals surface area contributed by atoms with Crippen LogP contribution in [-0.4, -0.2) is 30.5 Å². The minimum absolute atomic E-state index is 0.257. The number of benzene rings is 1. The first-order valence-corrected chi connectivity index (χ1v) is 6.76. The fraction of sp³-hybridized carbons (Fsp3) is 0.467. The molecule has 0 amide bonds. The van der Waals surface area contributed by atoms with E-state index >= 15 is 0 Å². The molecule has 1 aliphatic heterocycles. The van der Waals surface area contributed by atoms with Gasteiger partial charge in [0, 0.05) is 18.1 Å². The lowest BCUT2D eigenvalue weighted by Gasteiger charge is -2.09. The minimum atomic E-state index is 0.257. The Balaban J connectivity index is 1.93. The molecule has 20 heavy (non-hydrogen) atoms. The average Bonchev–Trinajstić information content (AvgIpc) is 3.09. The normalized spacial score (nSPS) is 18.4. The summed E-state index contributed by atoms with van der Waals surface area (Å²) in [5, 5.41) is 4.08. The van der Waals surface area contributed by atoms with Crippen LogP contribution in [0.2, 0.25) is 0 Å². The predicted octanol–water partition coefficient (Wildman–Crippen LogP) is 2.87. The summed E-state index contributed by atoms with van der Waals surface area (Å²) in [5.74, 6) is 2.45. The zero-order valence-electron chi connectivity index (χ0n) is 12.0. The average molecular weight is 274 g/mol. The van der Waals surface area contributed by atoms with Gasteiger partial charge in [0.05, 0.1) is 13.7 Å². The van der Waals surface area contributed by atoms with Crippen molar-refractivity contribution in [2.24, 2.45) is 0 Å². The van der Waals surface area contributed by atoms with E-state index < -0.39 is 0 Å². The van der Waals surface area contributed by atoms with E-state index in [9.17, 15) is 0 Å². The number of hydrogen-bond acceptors (Lipinski definition) is 5. The maximum atomic E-state index is 5.39. The van der Waals surface area contributed by atoms with E-state index in [0.29, 0.717) is 12.5 Å². The molecule has 1 saturated heterocycles. The summed E-state index contributed by atoms with van der Waals surface area (Å²) >= 11 is 0. The molecule has 0 bridgehead atoms. The Bertz CT molecular complexity index is 592. The van der Waals surface area contributed by atoms with Crippen LogP contribution in [0.5, 0.6) is 5.75 Å². The molecule has 1 aromatic heterocycles. The summed E-state index contributed by atoms with van der Waals surface area (Å²) in [6, 6.07) is 4.02. The maximum Gasteiger partial charge on any atom is 0.257 e. The van der Waals surface area contributed by atoms with Crippen LogP contribution in [0.15, 0.2) is 16.7 Å². The van der Waals surface area contributed by atoms with E-state index in [-0.39, 0.29) is 5.92 Å². The molecule has 1 atom stereocenters. The van der Waals surface area contributed by atoms with E-state index in [4.69, 9.17) is 14.0 Å². The van der Waals surface area contributed by atoms with E-state index in [1.165, 1.54) is 0 Å². The summed E-state index contributed by atoms with van der Waals surface area (Å²) in [5.41, 5.74) is 3.05. The number of rotatable bonds is 3. The molecule has 0 aliphatic carbocycles. The number of nitrogens with zero attached hydrogens (tertiary/aromatic N) is 2. The van der Waals surface area contributed by atoms with Gasteiger partial charge in [-0.25, -0.2) is 0 Å². The smallest absolute Gasteiger partial charge is 0.257 e. The third-order valence-corrected chi connectivity index (χ3v) is 3.65. The second-order valence-electron chi connectivity index (χ2n) is 5.16. The van der Waals surface area contributed by atoms with Crippen molar-refractivity contribution >= 4 is 0 Å². The number of aryl methyl sites for hydroxylation is 2. The molecule has 5 nitrogen and oxygen atoms in total. The fourth-order valence-electron chi connectivity index (χ4n) is 2.65. The van der Waals surface area contributed by atoms with E-state index in [1.807, 2.05) is 26.0 Å². The molecule has 3 rings (SSSR count). The Morgan fingerprint density at radius 3 is 2.60 bits per heavy atom. The first-order chi connectivity index (χ1) is 9.69. The van der Waals surface area contributed by atoms with Gasteiger partial charge in [0.1, 0.15) is 5.75 Å². The van der Waals surface area contributed by atoms with Crippen LogP contribution in [0, 0.1) is 13.8 Å². The Kier molecular flexibility index (Phi) is 3.44. The van der Waals surface area contributed by atoms with Gasteiger partial charge in [-0.15, -0.1) is 0 Å². The lowest BCUT2D eigenvalue weighted by molar-refractivity contribution is 0.192. The van der Waals surface area contributed by atoms with Crippen molar-refractivity contribution in [1.82, 2.24) is 10.1 Å². The number of ether oxygens (including phenoxy) is 2. The Morgan fingerprint density at radius 2 is 2.00 bits per heavy atom. The van der Waals surface area contributed by atoms with Gasteiger partial charge in [0.25, 0.3) is 5.89 Å². The summed E-state index contributed by atoms with van der Waals surface area (Å²) in [7, 11) is 1.68. The highest BCUT2D eigenvalue weighted by Crippen LogP contribution is 2.30. The van der Waals surface area contributed by atoms with Gasteiger partial charge in [0.2, 0.25) is 0 Å². The number of aromatic nitrogens is 2. The van der Waals surface area contributed by atoms with Crippen LogP contribution in [0.25, 0.3) is 11.5 Å². The molecular weight excluding hydrogens is 256 g/mol. The summed E-state index contributed by atoms with van der Waals surface area (Å²) in [6.07, 6.45) is 0.958. The molecule has 0 N–H and O–H groups in total. The van der Waals surface area contributed by atoms with Crippen LogP contribution in [0.3, 0.4) is 0 Å². The van der Waals surface area contributed by atoms with Crippen LogP contribution >= 0.6 is 0 Å². The first kappa shape index (κ1) is 13.1. The van der Waals surface area contributed by atoms with Crippen LogP contribution in [-0.2, 0) is 4.74 Å². The van der Waals surface area contributed by atoms with E-state index in [0.717, 1.165) is 41.3 Å². The van der Waals surface area contributed by atoms with Gasteiger partial charge in [-0.05, 0) is 43.5 Å². The lowest BCUT2D eigenvalue weighted by atomic mass is 10.1. The molecule has 1 fully saturated rings. The summed E-state index contributed by atoms with van der Waals surface area (Å²) < 4.78 is 16.1. The largest absolute Gasteiger partial charge is 0.496 e. The van der Waals surface area contributed by atoms with Gasteiger partial charge >= 0.3 is 0 Å². The van der Waals surface area contributed by atoms with Gasteiger partial charge in [0.15, 0.2) is 5.82 Å². The second kappa shape index (κ2) is 5.25. The zero-order valence-corrected chi connectivity index (χ0v) is 12.0. The highest BCUT2D eigenvalue weighted by atomic mass is 16.5. The van der Waals surface area contributed by atoms with Gasteiger partial charge < -0.3 is 14.0 Å². The topological polar surface area (TPSA) is 57.4 Å². The van der Waals surface area contributed by atoms with Crippen molar-refractivity contribution in [3.63, 3.8) is 0 Å². The fourth-order valence-corrected chi connectivity index (χ4v) is 2.65. The van der Waals surface area contributed by atoms with Crippen molar-refractivity contribution in [2.45, 2.75) is 26.2 Å². The SMILES string of the molecule is COc1c(C)cc(-c2nc([C@@H]3CCOC3)no2)cc1C. The molecule has 0 unspecified atom stereocenters. The predicted molar refractivity (Wildman–Crippen MR) is 73.9 cm³/mol. The van der Waals surface area contributed by atoms with Crippen molar-refractivity contribution in [2.75, 3.05) is 20.3 Å². The second-order valence-corrected chi connectivity index (χ2v) is 5.16. The molecule has 1 aromatic carbocycles. The van der Waals surface area contributed by atoms with Gasteiger partial charge in [-0.1, -0.05) is 5.16 Å². The summed E-state index contributed by atoms with van der Waals surface area (Å²) in [4.78, 5) is 4.50. The maximum absolute atomic E-state index is 5.39. The third kappa shape index (κ3) is 2.29. The molecular formula is C15H18N2O3. The Morgan fingerprint density at radius 1 is 1.25 bits per heavy atom. The molecule has 1 aliphatic rings. The number of methoxy groups -OCH3 is 1. The molecule has 0 spiro atoms. The van der Waals surface area contributed by atoms with Crippen molar-refractivity contribution < 1.29 is 14.0 Å². The Labute approximate surface area is 117 Å². The molecule has 0 radical (unpaired) electrons. The first-order valence-electron chi connectivity index (χ1n) is 6.76. The lowest BCUT2D eigenvalue weighted by Crippen LogP contribution is -1.99. The van der Waals surface area contributed by atoms with Crippen LogP contribution in [0.4, 0.5) is 0 Å². The van der Waals surface area contributed by atoms with Crippen molar-refractivity contribution in [3.8, 4) is 17.2 Å². The van der Waals surface area contributed by atoms with Gasteiger partial charge in [-0.2, -0.15) is 4.98 Å². The van der Waals surface area contributed by atoms with E-state index in [2.05, 4.69) is 10.1 Å². The molecule has 106 valence electrons. The third-order valence-electron chi connectivity index (χ3n) is 3.65.